The Bertz CT molecular complexity index is 1330. The third-order valence-electron chi connectivity index (χ3n) is 5.61. The quantitative estimate of drug-likeness (QED) is 0.308. The van der Waals surface area contributed by atoms with Gasteiger partial charge in [-0.15, -0.1) is 0 Å². The van der Waals surface area contributed by atoms with Crippen LogP contribution >= 0.6 is 0 Å². The van der Waals surface area contributed by atoms with Crippen molar-refractivity contribution < 1.29 is 24.1 Å². The van der Waals surface area contributed by atoms with Crippen LogP contribution in [-0.4, -0.2) is 39.5 Å². The molecule has 3 aromatic carbocycles. The van der Waals surface area contributed by atoms with E-state index in [0.717, 1.165) is 6.07 Å². The van der Waals surface area contributed by atoms with Gasteiger partial charge in [0.1, 0.15) is 17.6 Å². The number of benzene rings is 3. The molecule has 4 amide bonds. The largest absolute Gasteiger partial charge is 0.339 e. The molecule has 3 aromatic rings. The van der Waals surface area contributed by atoms with Crippen molar-refractivity contribution in [2.75, 3.05) is 5.32 Å². The monoisotopic (exact) mass is 472 g/mol. The Labute approximate surface area is 199 Å². The van der Waals surface area contributed by atoms with Crippen LogP contribution in [-0.2, 0) is 9.59 Å². The maximum atomic E-state index is 13.2. The molecule has 10 heteroatoms. The van der Waals surface area contributed by atoms with Gasteiger partial charge in [0, 0.05) is 11.8 Å². The van der Waals surface area contributed by atoms with Crippen LogP contribution in [0.2, 0.25) is 0 Å². The van der Waals surface area contributed by atoms with Crippen LogP contribution < -0.4 is 10.6 Å². The van der Waals surface area contributed by atoms with Crippen molar-refractivity contribution in [3.8, 4) is 0 Å². The van der Waals surface area contributed by atoms with Gasteiger partial charge in [-0.1, -0.05) is 54.6 Å². The van der Waals surface area contributed by atoms with Crippen LogP contribution in [0.5, 0.6) is 0 Å². The number of amides is 4. The predicted molar refractivity (Wildman–Crippen MR) is 125 cm³/mol. The summed E-state index contributed by atoms with van der Waals surface area (Å²) in [6, 6.07) is 18.4. The standard InChI is InChI=1S/C25H20N4O6/c1-15(28-24(32)18-13-8-14-19(29(34)35)20(18)25(28)33)22(30)27-21(16-9-4-2-5-10-16)23(31)26-17-11-6-3-7-12-17/h2-15,21H,1H3,(H,26,31)(H,27,30). The van der Waals surface area contributed by atoms with Gasteiger partial charge in [-0.2, -0.15) is 0 Å². The summed E-state index contributed by atoms with van der Waals surface area (Å²) in [7, 11) is 0. The third-order valence-corrected chi connectivity index (χ3v) is 5.61. The number of rotatable bonds is 7. The molecule has 0 aliphatic carbocycles. The lowest BCUT2D eigenvalue weighted by atomic mass is 10.1. The molecule has 4 rings (SSSR count). The van der Waals surface area contributed by atoms with Crippen LogP contribution in [0.15, 0.2) is 78.9 Å². The fraction of sp³-hybridized carbons (Fsp3) is 0.120. The highest BCUT2D eigenvalue weighted by Crippen LogP contribution is 2.32. The van der Waals surface area contributed by atoms with Crippen molar-refractivity contribution in [3.05, 3.63) is 106 Å². The Morgan fingerprint density at radius 3 is 2.11 bits per heavy atom. The van der Waals surface area contributed by atoms with Gasteiger partial charge in [0.05, 0.1) is 10.5 Å². The number of anilines is 1. The minimum absolute atomic E-state index is 0.148. The number of carbonyl (C=O) groups is 4. The molecule has 10 nitrogen and oxygen atoms in total. The number of nitro benzene ring substituents is 1. The van der Waals surface area contributed by atoms with Crippen LogP contribution in [0.25, 0.3) is 0 Å². The molecule has 0 saturated heterocycles. The predicted octanol–water partition coefficient (Wildman–Crippen LogP) is 3.08. The lowest BCUT2D eigenvalue weighted by Crippen LogP contribution is -2.50. The zero-order valence-electron chi connectivity index (χ0n) is 18.5. The van der Waals surface area contributed by atoms with Crippen molar-refractivity contribution in [2.45, 2.75) is 19.0 Å². The topological polar surface area (TPSA) is 139 Å². The fourth-order valence-corrected chi connectivity index (χ4v) is 3.85. The lowest BCUT2D eigenvalue weighted by Gasteiger charge is -2.25. The molecule has 1 aliphatic heterocycles. The average Bonchev–Trinajstić information content (AvgIpc) is 3.12. The summed E-state index contributed by atoms with van der Waals surface area (Å²) in [5, 5.41) is 16.7. The van der Waals surface area contributed by atoms with E-state index >= 15 is 0 Å². The van der Waals surface area contributed by atoms with E-state index in [1.165, 1.54) is 19.1 Å². The Balaban J connectivity index is 1.59. The minimum atomic E-state index is -1.34. The van der Waals surface area contributed by atoms with E-state index in [2.05, 4.69) is 10.6 Å². The van der Waals surface area contributed by atoms with E-state index in [9.17, 15) is 29.3 Å². The van der Waals surface area contributed by atoms with E-state index in [4.69, 9.17) is 0 Å². The summed E-state index contributed by atoms with van der Waals surface area (Å²) in [6.07, 6.45) is 0. The van der Waals surface area contributed by atoms with Crippen molar-refractivity contribution >= 4 is 35.0 Å². The van der Waals surface area contributed by atoms with Crippen LogP contribution in [0, 0.1) is 10.1 Å². The molecule has 2 unspecified atom stereocenters. The highest BCUT2D eigenvalue weighted by atomic mass is 16.6. The molecule has 0 radical (unpaired) electrons. The van der Waals surface area contributed by atoms with Crippen molar-refractivity contribution in [2.24, 2.45) is 0 Å². The molecule has 176 valence electrons. The molecular formula is C25H20N4O6. The number of hydrogen-bond donors (Lipinski definition) is 2. The lowest BCUT2D eigenvalue weighted by molar-refractivity contribution is -0.385. The third kappa shape index (κ3) is 4.49. The van der Waals surface area contributed by atoms with Gasteiger partial charge >= 0.3 is 0 Å². The SMILES string of the molecule is CC(C(=O)NC(C(=O)Nc1ccccc1)c1ccccc1)N1C(=O)c2cccc([N+](=O)[O-])c2C1=O. The second kappa shape index (κ2) is 9.56. The number of carbonyl (C=O) groups excluding carboxylic acids is 4. The van der Waals surface area contributed by atoms with E-state index in [1.54, 1.807) is 60.7 Å². The van der Waals surface area contributed by atoms with Crippen molar-refractivity contribution in [3.63, 3.8) is 0 Å². The van der Waals surface area contributed by atoms with E-state index in [0.29, 0.717) is 16.2 Å². The van der Waals surface area contributed by atoms with Crippen LogP contribution in [0.4, 0.5) is 11.4 Å². The van der Waals surface area contributed by atoms with Gasteiger partial charge in [0.25, 0.3) is 23.4 Å². The summed E-state index contributed by atoms with van der Waals surface area (Å²) in [4.78, 5) is 63.3. The molecule has 2 atom stereocenters. The van der Waals surface area contributed by atoms with Crippen LogP contribution in [0.3, 0.4) is 0 Å². The molecular weight excluding hydrogens is 452 g/mol. The molecule has 2 N–H and O–H groups in total. The highest BCUT2D eigenvalue weighted by Gasteiger charge is 2.45. The van der Waals surface area contributed by atoms with Gasteiger partial charge in [-0.25, -0.2) is 0 Å². The van der Waals surface area contributed by atoms with Gasteiger partial charge < -0.3 is 10.6 Å². The Kier molecular flexibility index (Phi) is 6.36. The molecule has 0 spiro atoms. The molecule has 0 aromatic heterocycles. The molecule has 35 heavy (non-hydrogen) atoms. The Morgan fingerprint density at radius 1 is 0.857 bits per heavy atom. The number of hydrogen-bond acceptors (Lipinski definition) is 6. The molecule has 0 bridgehead atoms. The summed E-state index contributed by atoms with van der Waals surface area (Å²) < 4.78 is 0. The van der Waals surface area contributed by atoms with E-state index < -0.39 is 46.3 Å². The molecule has 0 fully saturated rings. The highest BCUT2D eigenvalue weighted by molar-refractivity contribution is 6.24. The fourth-order valence-electron chi connectivity index (χ4n) is 3.85. The van der Waals surface area contributed by atoms with Gasteiger partial charge in [0.2, 0.25) is 5.91 Å². The maximum absolute atomic E-state index is 13.2. The van der Waals surface area contributed by atoms with Crippen molar-refractivity contribution in [1.82, 2.24) is 10.2 Å². The number of nitrogens with one attached hydrogen (secondary N) is 2. The number of nitrogens with zero attached hydrogens (tertiary/aromatic N) is 2. The first kappa shape index (κ1) is 23.3. The second-order valence-corrected chi connectivity index (χ2v) is 7.82. The zero-order valence-corrected chi connectivity index (χ0v) is 18.5. The van der Waals surface area contributed by atoms with Gasteiger partial charge in [0.15, 0.2) is 0 Å². The first-order valence-electron chi connectivity index (χ1n) is 10.7. The van der Waals surface area contributed by atoms with Crippen LogP contribution in [0.1, 0.15) is 39.2 Å². The first-order chi connectivity index (χ1) is 16.8. The summed E-state index contributed by atoms with van der Waals surface area (Å²) in [6.45, 7) is 1.32. The Hall–Kier alpha value is -4.86. The first-order valence-corrected chi connectivity index (χ1v) is 10.7. The van der Waals surface area contributed by atoms with Gasteiger partial charge in [-0.3, -0.25) is 34.2 Å². The summed E-state index contributed by atoms with van der Waals surface area (Å²) >= 11 is 0. The molecule has 1 aliphatic rings. The molecule has 0 saturated carbocycles. The second-order valence-electron chi connectivity index (χ2n) is 7.82. The van der Waals surface area contributed by atoms with Gasteiger partial charge in [-0.05, 0) is 30.7 Å². The maximum Gasteiger partial charge on any atom is 0.282 e. The smallest absolute Gasteiger partial charge is 0.282 e. The zero-order chi connectivity index (χ0) is 25.1. The Morgan fingerprint density at radius 2 is 1.49 bits per heavy atom. The van der Waals surface area contributed by atoms with E-state index in [1.807, 2.05) is 0 Å². The summed E-state index contributed by atoms with van der Waals surface area (Å²) in [5.41, 5.74) is -0.0120. The van der Waals surface area contributed by atoms with E-state index in [-0.39, 0.29) is 11.1 Å². The minimum Gasteiger partial charge on any atom is -0.339 e. The number of imide groups is 1. The van der Waals surface area contributed by atoms with Crippen molar-refractivity contribution in [1.29, 1.82) is 0 Å². The average molecular weight is 472 g/mol. The summed E-state index contributed by atoms with van der Waals surface area (Å²) in [5.74, 6) is -3.06. The molecule has 1 heterocycles. The number of fused-ring (bicyclic) bond motifs is 1. The number of nitro groups is 1. The normalized spacial score (nSPS) is 14.1. The number of para-hydroxylation sites is 1.